The Morgan fingerprint density at radius 1 is 0.250 bits per heavy atom. The Morgan fingerprint density at radius 3 is 0.875 bits per heavy atom. The van der Waals surface area contributed by atoms with Crippen molar-refractivity contribution in [1.82, 2.24) is 0 Å². The van der Waals surface area contributed by atoms with Crippen molar-refractivity contribution in [2.24, 2.45) is 0 Å². The lowest BCUT2D eigenvalue weighted by Crippen LogP contribution is -2.74. The van der Waals surface area contributed by atoms with Crippen molar-refractivity contribution in [3.8, 4) is 22.3 Å². The molecule has 0 radical (unpaired) electrons. The van der Waals surface area contributed by atoms with Crippen LogP contribution in [0, 0.1) is 53.2 Å². The van der Waals surface area contributed by atoms with E-state index in [1.54, 1.807) is 12.1 Å². The first-order valence-electron chi connectivity index (χ1n) is 41.9. The zero-order valence-corrected chi connectivity index (χ0v) is 71.1. The van der Waals surface area contributed by atoms with Gasteiger partial charge in [-0.05, 0) is 187 Å². The molecule has 0 saturated heterocycles. The van der Waals surface area contributed by atoms with Crippen LogP contribution in [0.1, 0.15) is 84.0 Å². The Labute approximate surface area is 701 Å². The summed E-state index contributed by atoms with van der Waals surface area (Å²) in [5.41, 5.74) is 18.8. The van der Waals surface area contributed by atoms with E-state index in [1.165, 1.54) is 74.9 Å². The number of para-hydroxylation sites is 6. The second-order valence-electron chi connectivity index (χ2n) is 33.7. The van der Waals surface area contributed by atoms with Gasteiger partial charge in [0.25, 0.3) is 0 Å². The molecule has 0 amide bonds. The first-order valence-corrected chi connectivity index (χ1v) is 45.9. The summed E-state index contributed by atoms with van der Waals surface area (Å²) in [5.74, 6) is -0.814. The predicted octanol–water partition coefficient (Wildman–Crippen LogP) is 25.8. The molecule has 4 nitrogen and oxygen atoms in total. The van der Waals surface area contributed by atoms with Crippen LogP contribution in [0.3, 0.4) is 0 Å². The standard InChI is InChI=1S/C112H90F2N2O2Si2/c1-69(2)87-61-63-95-104(116(102-34-20-30-94-92-26-12-14-36-106(92)118-112(94)102)110-90(28-18-32-100(110)114)78-22-16-24-86(66-78)120(82-55-43-74(8)44-56-82,83-57-45-75(9)46-58-83)84-59-47-76(10)48-60-84)68-98-88(70(3)4)62-64-96-103(67-97(87)107(95)108(96)98)115(101-33-19-29-93-91-25-11-13-35-105(91)117-111(93)101)109-89(27-17-31-99(109)113)77-21-15-23-85(65-77)119(79-49-37-71(5)38-50-79,80-51-39-72(6)40-52-80)81-53-41-73(7)42-54-81/h11-70H,1-10H3. The quantitative estimate of drug-likeness (QED) is 0.0487. The molecule has 2 heterocycles. The minimum absolute atomic E-state index is 0.00396. The maximum Gasteiger partial charge on any atom is 0.179 e. The van der Waals surface area contributed by atoms with Gasteiger partial charge < -0.3 is 18.6 Å². The second-order valence-corrected chi connectivity index (χ2v) is 41.3. The van der Waals surface area contributed by atoms with Crippen LogP contribution in [0.2, 0.25) is 0 Å². The molecule has 20 rings (SSSR count). The van der Waals surface area contributed by atoms with Gasteiger partial charge in [-0.25, -0.2) is 8.78 Å². The van der Waals surface area contributed by atoms with Crippen molar-refractivity contribution in [2.45, 2.75) is 81.1 Å². The molecule has 8 heteroatoms. The fourth-order valence-electron chi connectivity index (χ4n) is 19.5. The molecule has 0 aliphatic heterocycles. The fourth-order valence-corrected chi connectivity index (χ4v) is 29.0. The highest BCUT2D eigenvalue weighted by Crippen LogP contribution is 2.56. The minimum atomic E-state index is -3.19. The van der Waals surface area contributed by atoms with Gasteiger partial charge in [0.2, 0.25) is 0 Å². The molecule has 0 aliphatic carbocycles. The number of benzene rings is 18. The van der Waals surface area contributed by atoms with Crippen LogP contribution in [-0.4, -0.2) is 16.1 Å². The zero-order valence-electron chi connectivity index (χ0n) is 69.1. The predicted molar refractivity (Wildman–Crippen MR) is 509 cm³/mol. The molecule has 18 aromatic carbocycles. The molecule has 20 aromatic rings. The van der Waals surface area contributed by atoms with E-state index in [2.05, 4.69) is 370 Å². The molecule has 0 N–H and O–H groups in total. The molecule has 0 bridgehead atoms. The maximum atomic E-state index is 19.3. The molecule has 0 unspecified atom stereocenters. The van der Waals surface area contributed by atoms with Crippen molar-refractivity contribution in [2.75, 3.05) is 9.80 Å². The number of nitrogens with zero attached hydrogens (tertiary/aromatic N) is 2. The molecule has 0 fully saturated rings. The van der Waals surface area contributed by atoms with Gasteiger partial charge in [-0.1, -0.05) is 364 Å². The van der Waals surface area contributed by atoms with Gasteiger partial charge in [0.05, 0.1) is 34.1 Å². The highest BCUT2D eigenvalue weighted by atomic mass is 28.3. The molecule has 0 atom stereocenters. The summed E-state index contributed by atoms with van der Waals surface area (Å²) in [4.78, 5) is 4.36. The number of rotatable bonds is 18. The van der Waals surface area contributed by atoms with Crippen molar-refractivity contribution in [1.29, 1.82) is 0 Å². The monoisotopic (exact) mass is 1590 g/mol. The number of furan rings is 2. The lowest BCUT2D eigenvalue weighted by molar-refractivity contribution is 0.628. The smallest absolute Gasteiger partial charge is 0.179 e. The van der Waals surface area contributed by atoms with Crippen molar-refractivity contribution in [3.63, 3.8) is 0 Å². The third kappa shape index (κ3) is 12.2. The van der Waals surface area contributed by atoms with E-state index in [-0.39, 0.29) is 11.8 Å². The van der Waals surface area contributed by atoms with E-state index in [0.717, 1.165) is 98.7 Å². The van der Waals surface area contributed by atoms with E-state index in [4.69, 9.17) is 8.83 Å². The highest BCUT2D eigenvalue weighted by molar-refractivity contribution is 7.20. The van der Waals surface area contributed by atoms with Gasteiger partial charge in [-0.15, -0.1) is 0 Å². The summed E-state index contributed by atoms with van der Waals surface area (Å²) < 4.78 is 53.0. The minimum Gasteiger partial charge on any atom is -0.454 e. The Kier molecular flexibility index (Phi) is 18.7. The molecular weight excluding hydrogens is 1500 g/mol. The average Bonchev–Trinajstić information content (AvgIpc) is 0.787. The molecule has 0 aliphatic rings. The Morgan fingerprint density at radius 2 is 0.550 bits per heavy atom. The van der Waals surface area contributed by atoms with Crippen LogP contribution < -0.4 is 51.3 Å². The third-order valence-electron chi connectivity index (χ3n) is 25.4. The van der Waals surface area contributed by atoms with E-state index in [1.807, 2.05) is 48.5 Å². The van der Waals surface area contributed by atoms with Crippen LogP contribution in [0.4, 0.5) is 42.9 Å². The SMILES string of the molecule is Cc1ccc([Si](c2ccc(C)cc2)(c2ccc(C)cc2)c2cccc(-c3cccc(F)c3N(c3cc4c(C(C)C)ccc5c(N(c6c(F)cccc6-c6cccc([Si](c7ccc(C)cc7)(c7ccc(C)cc7)c7ccc(C)cc7)c6)c6cccc7c6oc6ccccc67)cc6c(C(C)C)ccc3c6c45)c3cccc4c3oc3ccccc34)c2)cc1. The normalized spacial score (nSPS) is 12.2. The van der Waals surface area contributed by atoms with Crippen LogP contribution in [0.15, 0.2) is 361 Å². The maximum absolute atomic E-state index is 19.3. The molecule has 0 spiro atoms. The van der Waals surface area contributed by atoms with Gasteiger partial charge in [0.1, 0.15) is 22.8 Å². The van der Waals surface area contributed by atoms with E-state index >= 15 is 8.78 Å². The van der Waals surface area contributed by atoms with Crippen molar-refractivity contribution >= 4 is 168 Å². The zero-order chi connectivity index (χ0) is 82.0. The fraction of sp³-hybridized carbons (Fsp3) is 0.107. The molecule has 0 saturated carbocycles. The van der Waals surface area contributed by atoms with Crippen molar-refractivity contribution < 1.29 is 17.6 Å². The number of fused-ring (bicyclic) bond motifs is 6. The summed E-state index contributed by atoms with van der Waals surface area (Å²) in [6.07, 6.45) is 0. The van der Waals surface area contributed by atoms with Gasteiger partial charge in [-0.3, -0.25) is 0 Å². The van der Waals surface area contributed by atoms with Crippen molar-refractivity contribution in [3.05, 3.63) is 408 Å². The Balaban J connectivity index is 0.873. The average molecular weight is 1590 g/mol. The lowest BCUT2D eigenvalue weighted by Gasteiger charge is -2.35. The summed E-state index contributed by atoms with van der Waals surface area (Å²) in [7, 11) is -6.37. The Bertz CT molecular complexity index is 6710. The van der Waals surface area contributed by atoms with Crippen LogP contribution >= 0.6 is 0 Å². The molecule has 582 valence electrons. The number of aryl methyl sites for hydroxylation is 6. The van der Waals surface area contributed by atoms with Gasteiger partial charge in [0, 0.05) is 43.4 Å². The van der Waals surface area contributed by atoms with Crippen LogP contribution in [0.5, 0.6) is 0 Å². The third-order valence-corrected chi connectivity index (χ3v) is 35.0. The van der Waals surface area contributed by atoms with Crippen LogP contribution in [-0.2, 0) is 0 Å². The van der Waals surface area contributed by atoms with Gasteiger partial charge in [-0.2, -0.15) is 0 Å². The first-order chi connectivity index (χ1) is 58.4. The highest BCUT2D eigenvalue weighted by Gasteiger charge is 2.44. The number of halogens is 2. The van der Waals surface area contributed by atoms with Gasteiger partial charge in [0.15, 0.2) is 27.3 Å². The summed E-state index contributed by atoms with van der Waals surface area (Å²) >= 11 is 0. The number of hydrogen-bond acceptors (Lipinski definition) is 4. The second kappa shape index (κ2) is 29.8. The number of hydrogen-bond donors (Lipinski definition) is 0. The largest absolute Gasteiger partial charge is 0.454 e. The van der Waals surface area contributed by atoms with Crippen LogP contribution in [0.25, 0.3) is 98.4 Å². The Hall–Kier alpha value is -13.5. The molecule has 2 aromatic heterocycles. The molecular formula is C112H90F2N2O2Si2. The van der Waals surface area contributed by atoms with Gasteiger partial charge >= 0.3 is 0 Å². The summed E-state index contributed by atoms with van der Waals surface area (Å²) in [6, 6.07) is 127. The van der Waals surface area contributed by atoms with E-state index in [9.17, 15) is 0 Å². The first kappa shape index (κ1) is 75.3. The van der Waals surface area contributed by atoms with E-state index in [0.29, 0.717) is 45.0 Å². The number of anilines is 6. The summed E-state index contributed by atoms with van der Waals surface area (Å²) in [6.45, 7) is 22.0. The molecule has 120 heavy (non-hydrogen) atoms. The van der Waals surface area contributed by atoms with E-state index < -0.39 is 27.8 Å². The summed E-state index contributed by atoms with van der Waals surface area (Å²) in [5, 5.41) is 19.3. The topological polar surface area (TPSA) is 32.8 Å². The lowest BCUT2D eigenvalue weighted by atomic mass is 9.83.